The van der Waals surface area contributed by atoms with Gasteiger partial charge in [-0.25, -0.2) is 0 Å². The lowest BCUT2D eigenvalue weighted by Gasteiger charge is -2.34. The van der Waals surface area contributed by atoms with Crippen molar-refractivity contribution in [3.8, 4) is 5.75 Å². The lowest BCUT2D eigenvalue weighted by atomic mass is 9.85. The van der Waals surface area contributed by atoms with E-state index in [0.717, 1.165) is 45.6 Å². The Balaban J connectivity index is 1.79. The van der Waals surface area contributed by atoms with Crippen molar-refractivity contribution in [3.63, 3.8) is 0 Å². The molecule has 0 saturated carbocycles. The first kappa shape index (κ1) is 15.4. The second-order valence-corrected chi connectivity index (χ2v) is 6.62. The van der Waals surface area contributed by atoms with Crippen LogP contribution in [0.15, 0.2) is 18.2 Å². The van der Waals surface area contributed by atoms with E-state index in [0.29, 0.717) is 27.6 Å². The second kappa shape index (κ2) is 7.19. The van der Waals surface area contributed by atoms with E-state index >= 15 is 0 Å². The predicted molar refractivity (Wildman–Crippen MR) is 85.4 cm³/mol. The summed E-state index contributed by atoms with van der Waals surface area (Å²) in [6.07, 6.45) is 3.44. The van der Waals surface area contributed by atoms with Gasteiger partial charge in [0.25, 0.3) is 0 Å². The third-order valence-corrected chi connectivity index (χ3v) is 5.27. The molecule has 1 unspecified atom stereocenters. The van der Waals surface area contributed by atoms with Gasteiger partial charge in [0.2, 0.25) is 0 Å². The van der Waals surface area contributed by atoms with Gasteiger partial charge in [-0.1, -0.05) is 29.3 Å². The van der Waals surface area contributed by atoms with Gasteiger partial charge in [-0.15, -0.1) is 0 Å². The first-order valence-corrected chi connectivity index (χ1v) is 8.40. The maximum absolute atomic E-state index is 6.34. The maximum atomic E-state index is 6.34. The van der Waals surface area contributed by atoms with Crippen LogP contribution in [-0.2, 0) is 4.74 Å². The molecule has 0 amide bonds. The molecule has 2 fully saturated rings. The Kier molecular flexibility index (Phi) is 5.28. The highest BCUT2D eigenvalue weighted by Gasteiger charge is 2.34. The molecule has 3 rings (SSSR count). The third kappa shape index (κ3) is 3.65. The molecule has 116 valence electrons. The first-order valence-electron chi connectivity index (χ1n) is 7.65. The van der Waals surface area contributed by atoms with Gasteiger partial charge in [-0.3, -0.25) is 0 Å². The molecule has 2 aliphatic rings. The molecule has 0 aromatic heterocycles. The molecule has 0 aliphatic carbocycles. The Hall–Kier alpha value is -0.480. The fourth-order valence-corrected chi connectivity index (χ4v) is 3.64. The van der Waals surface area contributed by atoms with Gasteiger partial charge < -0.3 is 14.8 Å². The normalized spacial score (nSPS) is 25.0. The topological polar surface area (TPSA) is 30.5 Å². The molecule has 3 nitrogen and oxygen atoms in total. The molecule has 5 heteroatoms. The molecular weight excluding hydrogens is 309 g/mol. The zero-order valence-corrected chi connectivity index (χ0v) is 13.5. The smallest absolute Gasteiger partial charge is 0.139 e. The molecule has 0 spiro atoms. The van der Waals surface area contributed by atoms with Crippen LogP contribution in [0.2, 0.25) is 10.0 Å². The summed E-state index contributed by atoms with van der Waals surface area (Å²) in [7, 11) is 0. The van der Waals surface area contributed by atoms with Gasteiger partial charge in [-0.05, 0) is 37.9 Å². The van der Waals surface area contributed by atoms with E-state index in [1.54, 1.807) is 6.07 Å². The number of rotatable bonds is 4. The Morgan fingerprint density at radius 2 is 1.95 bits per heavy atom. The monoisotopic (exact) mass is 329 g/mol. The van der Waals surface area contributed by atoms with Crippen LogP contribution in [-0.4, -0.2) is 32.4 Å². The van der Waals surface area contributed by atoms with Crippen molar-refractivity contribution in [1.82, 2.24) is 5.32 Å². The summed E-state index contributed by atoms with van der Waals surface area (Å²) in [6, 6.07) is 5.58. The molecule has 1 aromatic carbocycles. The van der Waals surface area contributed by atoms with Gasteiger partial charge in [0, 0.05) is 31.6 Å². The minimum absolute atomic E-state index is 0.180. The molecule has 2 saturated heterocycles. The highest BCUT2D eigenvalue weighted by molar-refractivity contribution is 6.42. The van der Waals surface area contributed by atoms with Gasteiger partial charge >= 0.3 is 0 Å². The quantitative estimate of drug-likeness (QED) is 0.911. The zero-order chi connectivity index (χ0) is 14.7. The largest absolute Gasteiger partial charge is 0.488 e. The Labute approximate surface area is 135 Å². The van der Waals surface area contributed by atoms with Gasteiger partial charge in [0.05, 0.1) is 5.02 Å². The van der Waals surface area contributed by atoms with Crippen LogP contribution < -0.4 is 10.1 Å². The Bertz CT molecular complexity index is 471. The molecule has 2 heterocycles. The lowest BCUT2D eigenvalue weighted by Crippen LogP contribution is -2.39. The zero-order valence-electron chi connectivity index (χ0n) is 12.0. The van der Waals surface area contributed by atoms with Crippen molar-refractivity contribution >= 4 is 23.2 Å². The summed E-state index contributed by atoms with van der Waals surface area (Å²) in [6.45, 7) is 3.74. The fraction of sp³-hybridized carbons (Fsp3) is 0.625. The number of benzene rings is 1. The van der Waals surface area contributed by atoms with Crippen LogP contribution in [0.4, 0.5) is 0 Å². The van der Waals surface area contributed by atoms with Crippen molar-refractivity contribution in [2.24, 2.45) is 11.8 Å². The average molecular weight is 330 g/mol. The molecule has 1 N–H and O–H groups in total. The van der Waals surface area contributed by atoms with E-state index in [1.165, 1.54) is 0 Å². The molecular formula is C16H21Cl2NO2. The third-order valence-electron chi connectivity index (χ3n) is 4.47. The minimum Gasteiger partial charge on any atom is -0.488 e. The number of ether oxygens (including phenoxy) is 2. The van der Waals surface area contributed by atoms with Crippen molar-refractivity contribution in [1.29, 1.82) is 0 Å². The lowest BCUT2D eigenvalue weighted by molar-refractivity contribution is -0.00129. The highest BCUT2D eigenvalue weighted by Crippen LogP contribution is 2.36. The van der Waals surface area contributed by atoms with E-state index in [1.807, 2.05) is 12.1 Å². The van der Waals surface area contributed by atoms with E-state index in [2.05, 4.69) is 5.32 Å². The Morgan fingerprint density at radius 1 is 1.14 bits per heavy atom. The summed E-state index contributed by atoms with van der Waals surface area (Å²) in [5, 5.41) is 4.50. The van der Waals surface area contributed by atoms with Gasteiger partial charge in [0.1, 0.15) is 16.9 Å². The number of hydrogen-bond donors (Lipinski definition) is 1. The van der Waals surface area contributed by atoms with E-state index in [9.17, 15) is 0 Å². The summed E-state index contributed by atoms with van der Waals surface area (Å²) in [4.78, 5) is 0. The predicted octanol–water partition coefficient (Wildman–Crippen LogP) is 3.78. The highest BCUT2D eigenvalue weighted by atomic mass is 35.5. The van der Waals surface area contributed by atoms with Crippen molar-refractivity contribution in [2.75, 3.05) is 26.3 Å². The standard InChI is InChI=1S/C16H21Cl2NO2/c17-13-2-1-3-14(15(13)18)21-16(12-4-7-19-10-12)11-5-8-20-9-6-11/h1-3,11-12,16,19H,4-10H2/t12-,16?/m0/s1. The summed E-state index contributed by atoms with van der Waals surface area (Å²) in [5.41, 5.74) is 0. The SMILES string of the molecule is Clc1cccc(OC(C2CCOCC2)[C@H]2CCNC2)c1Cl. The summed E-state index contributed by atoms with van der Waals surface area (Å²) >= 11 is 12.4. The molecule has 0 bridgehead atoms. The summed E-state index contributed by atoms with van der Waals surface area (Å²) in [5.74, 6) is 1.76. The fourth-order valence-electron chi connectivity index (χ4n) is 3.30. The average Bonchev–Trinajstić information content (AvgIpc) is 3.04. The summed E-state index contributed by atoms with van der Waals surface area (Å²) < 4.78 is 11.8. The van der Waals surface area contributed by atoms with Crippen molar-refractivity contribution in [2.45, 2.75) is 25.4 Å². The Morgan fingerprint density at radius 3 is 2.67 bits per heavy atom. The van der Waals surface area contributed by atoms with Crippen LogP contribution in [0, 0.1) is 11.8 Å². The minimum atomic E-state index is 0.180. The van der Waals surface area contributed by atoms with Crippen LogP contribution >= 0.6 is 23.2 Å². The van der Waals surface area contributed by atoms with Crippen molar-refractivity contribution < 1.29 is 9.47 Å². The molecule has 2 aliphatic heterocycles. The molecule has 1 aromatic rings. The van der Waals surface area contributed by atoms with Crippen molar-refractivity contribution in [3.05, 3.63) is 28.2 Å². The molecule has 21 heavy (non-hydrogen) atoms. The number of hydrogen-bond acceptors (Lipinski definition) is 3. The van der Waals surface area contributed by atoms with Gasteiger partial charge in [-0.2, -0.15) is 0 Å². The molecule has 0 radical (unpaired) electrons. The van der Waals surface area contributed by atoms with Crippen LogP contribution in [0.25, 0.3) is 0 Å². The van der Waals surface area contributed by atoms with E-state index < -0.39 is 0 Å². The number of nitrogens with one attached hydrogen (secondary N) is 1. The van der Waals surface area contributed by atoms with E-state index in [-0.39, 0.29) is 6.10 Å². The first-order chi connectivity index (χ1) is 10.3. The van der Waals surface area contributed by atoms with Crippen LogP contribution in [0.1, 0.15) is 19.3 Å². The van der Waals surface area contributed by atoms with Crippen LogP contribution in [0.5, 0.6) is 5.75 Å². The second-order valence-electron chi connectivity index (χ2n) is 5.84. The molecule has 2 atom stereocenters. The number of halogens is 2. The maximum Gasteiger partial charge on any atom is 0.139 e. The van der Waals surface area contributed by atoms with Crippen LogP contribution in [0.3, 0.4) is 0 Å². The van der Waals surface area contributed by atoms with Gasteiger partial charge in [0.15, 0.2) is 0 Å². The van der Waals surface area contributed by atoms with E-state index in [4.69, 9.17) is 32.7 Å².